The molecular weight excluding hydrogens is 326 g/mol. The van der Waals surface area contributed by atoms with Crippen molar-refractivity contribution in [2.24, 2.45) is 0 Å². The lowest BCUT2D eigenvalue weighted by molar-refractivity contribution is -0.151. The van der Waals surface area contributed by atoms with Crippen LogP contribution in [0.3, 0.4) is 0 Å². The Labute approximate surface area is 144 Å². The first-order chi connectivity index (χ1) is 11.6. The monoisotopic (exact) mass is 343 g/mol. The van der Waals surface area contributed by atoms with Gasteiger partial charge in [-0.25, -0.2) is 4.79 Å². The Morgan fingerprint density at radius 3 is 2.62 bits per heavy atom. The minimum atomic E-state index is -0.758. The Hall–Kier alpha value is -2.65. The van der Waals surface area contributed by atoms with Crippen molar-refractivity contribution in [3.8, 4) is 11.8 Å². The molecule has 6 heteroatoms. The molecule has 1 aromatic heterocycles. The third-order valence-corrected chi connectivity index (χ3v) is 4.13. The highest BCUT2D eigenvalue weighted by Crippen LogP contribution is 2.15. The number of ether oxygens (including phenoxy) is 2. The third kappa shape index (κ3) is 5.21. The van der Waals surface area contributed by atoms with E-state index in [1.165, 1.54) is 11.3 Å². The highest BCUT2D eigenvalue weighted by Gasteiger charge is 2.16. The Kier molecular flexibility index (Phi) is 6.52. The Bertz CT molecular complexity index is 716. The predicted octanol–water partition coefficient (Wildman–Crippen LogP) is 3.59. The fraction of sp³-hybridized carbons (Fsp3) is 0.278. The van der Waals surface area contributed by atoms with E-state index in [2.05, 4.69) is 0 Å². The zero-order valence-electron chi connectivity index (χ0n) is 13.2. The van der Waals surface area contributed by atoms with Crippen LogP contribution in [-0.2, 0) is 9.53 Å². The van der Waals surface area contributed by atoms with Crippen LogP contribution in [0.2, 0.25) is 0 Å². The second-order valence-electron chi connectivity index (χ2n) is 5.07. The van der Waals surface area contributed by atoms with Crippen molar-refractivity contribution in [3.63, 3.8) is 0 Å². The first-order valence-corrected chi connectivity index (χ1v) is 8.38. The lowest BCUT2D eigenvalue weighted by Crippen LogP contribution is -2.26. The second kappa shape index (κ2) is 8.85. The number of thiophene rings is 1. The summed E-state index contributed by atoms with van der Waals surface area (Å²) in [5.41, 5.74) is 0.521. The van der Waals surface area contributed by atoms with E-state index in [0.29, 0.717) is 24.2 Å². The van der Waals surface area contributed by atoms with E-state index >= 15 is 0 Å². The molecule has 0 amide bonds. The number of nitriles is 1. The average Bonchev–Trinajstić information content (AvgIpc) is 3.13. The molecular formula is C18H17NO4S. The second-order valence-corrected chi connectivity index (χ2v) is 6.02. The van der Waals surface area contributed by atoms with Crippen molar-refractivity contribution < 1.29 is 19.1 Å². The van der Waals surface area contributed by atoms with E-state index in [0.717, 1.165) is 4.88 Å². The summed E-state index contributed by atoms with van der Waals surface area (Å²) < 4.78 is 10.6. The van der Waals surface area contributed by atoms with Crippen LogP contribution in [-0.4, -0.2) is 24.5 Å². The van der Waals surface area contributed by atoms with Crippen molar-refractivity contribution in [1.82, 2.24) is 0 Å². The molecule has 0 aliphatic carbocycles. The normalized spacial score (nSPS) is 11.3. The molecule has 1 heterocycles. The van der Waals surface area contributed by atoms with E-state index in [4.69, 9.17) is 14.7 Å². The van der Waals surface area contributed by atoms with Crippen molar-refractivity contribution in [2.75, 3.05) is 6.61 Å². The minimum absolute atomic E-state index is 0.0583. The summed E-state index contributed by atoms with van der Waals surface area (Å²) in [5.74, 6) is 0.0668. The number of nitrogens with zero attached hydrogens (tertiary/aromatic N) is 1. The maximum atomic E-state index is 11.9. The van der Waals surface area contributed by atoms with E-state index in [9.17, 15) is 9.59 Å². The van der Waals surface area contributed by atoms with Crippen LogP contribution in [0, 0.1) is 11.3 Å². The van der Waals surface area contributed by atoms with E-state index in [-0.39, 0.29) is 12.4 Å². The van der Waals surface area contributed by atoms with Gasteiger partial charge in [0.15, 0.2) is 11.9 Å². The molecule has 0 bridgehead atoms. The number of carbonyl (C=O) groups excluding carboxylic acids is 2. The van der Waals surface area contributed by atoms with Gasteiger partial charge in [0.2, 0.25) is 0 Å². The molecule has 24 heavy (non-hydrogen) atoms. The largest absolute Gasteiger partial charge is 0.479 e. The Morgan fingerprint density at radius 1 is 1.25 bits per heavy atom. The quantitative estimate of drug-likeness (QED) is 0.416. The van der Waals surface area contributed by atoms with Crippen molar-refractivity contribution in [2.45, 2.75) is 25.9 Å². The van der Waals surface area contributed by atoms with Crippen LogP contribution in [0.5, 0.6) is 5.75 Å². The molecule has 2 aromatic rings. The number of ketones is 1. The summed E-state index contributed by atoms with van der Waals surface area (Å²) in [7, 11) is 0. The lowest BCUT2D eigenvalue weighted by Gasteiger charge is -2.13. The van der Waals surface area contributed by atoms with Crippen molar-refractivity contribution in [3.05, 3.63) is 52.2 Å². The number of Topliss-reactive ketones (excluding diaryl/α,β-unsaturated/α-hetero) is 1. The fourth-order valence-corrected chi connectivity index (χ4v) is 2.64. The fourth-order valence-electron chi connectivity index (χ4n) is 1.94. The lowest BCUT2D eigenvalue weighted by atomic mass is 10.2. The molecule has 0 fully saturated rings. The summed E-state index contributed by atoms with van der Waals surface area (Å²) >= 11 is 1.41. The summed E-state index contributed by atoms with van der Waals surface area (Å²) in [4.78, 5) is 24.4. The van der Waals surface area contributed by atoms with Gasteiger partial charge in [0.25, 0.3) is 0 Å². The molecule has 1 aromatic carbocycles. The Balaban J connectivity index is 1.69. The smallest absolute Gasteiger partial charge is 0.347 e. The van der Waals surface area contributed by atoms with Crippen LogP contribution >= 0.6 is 11.3 Å². The van der Waals surface area contributed by atoms with Crippen LogP contribution in [0.15, 0.2) is 41.8 Å². The zero-order chi connectivity index (χ0) is 17.4. The molecule has 2 rings (SSSR count). The van der Waals surface area contributed by atoms with E-state index in [1.54, 1.807) is 37.3 Å². The van der Waals surface area contributed by atoms with E-state index in [1.807, 2.05) is 17.5 Å². The molecule has 0 unspecified atom stereocenters. The number of hydrogen-bond acceptors (Lipinski definition) is 6. The first-order valence-electron chi connectivity index (χ1n) is 7.50. The summed E-state index contributed by atoms with van der Waals surface area (Å²) in [5, 5.41) is 10.6. The molecule has 0 saturated heterocycles. The summed E-state index contributed by atoms with van der Waals surface area (Å²) in [6.07, 6.45) is 0.0657. The van der Waals surface area contributed by atoms with Gasteiger partial charge in [-0.2, -0.15) is 5.26 Å². The molecule has 124 valence electrons. The number of hydrogen-bond donors (Lipinski definition) is 0. The van der Waals surface area contributed by atoms with Gasteiger partial charge in [-0.3, -0.25) is 4.79 Å². The van der Waals surface area contributed by atoms with Gasteiger partial charge in [0.05, 0.1) is 23.1 Å². The SMILES string of the molecule is C[C@@H](Oc1ccc(C#N)cc1)C(=O)OCCCC(=O)c1cccs1. The molecule has 0 saturated carbocycles. The van der Waals surface area contributed by atoms with Gasteiger partial charge in [0, 0.05) is 6.42 Å². The molecule has 5 nitrogen and oxygen atoms in total. The van der Waals surface area contributed by atoms with Gasteiger partial charge in [0.1, 0.15) is 5.75 Å². The van der Waals surface area contributed by atoms with Crippen LogP contribution < -0.4 is 4.74 Å². The first kappa shape index (κ1) is 17.7. The standard InChI is InChI=1S/C18H17NO4S/c1-13(23-15-8-6-14(12-19)7-9-15)18(21)22-10-2-4-16(20)17-5-3-11-24-17/h3,5-9,11,13H,2,4,10H2,1H3/t13-/m1/s1. The maximum Gasteiger partial charge on any atom is 0.347 e. The van der Waals surface area contributed by atoms with Crippen LogP contribution in [0.4, 0.5) is 0 Å². The molecule has 0 N–H and O–H groups in total. The number of rotatable bonds is 8. The minimum Gasteiger partial charge on any atom is -0.479 e. The van der Waals surface area contributed by atoms with Crippen molar-refractivity contribution in [1.29, 1.82) is 5.26 Å². The predicted molar refractivity (Wildman–Crippen MR) is 90.1 cm³/mol. The topological polar surface area (TPSA) is 76.4 Å². The number of carbonyl (C=O) groups is 2. The van der Waals surface area contributed by atoms with Gasteiger partial charge < -0.3 is 9.47 Å². The van der Waals surface area contributed by atoms with E-state index < -0.39 is 12.1 Å². The van der Waals surface area contributed by atoms with Crippen LogP contribution in [0.1, 0.15) is 35.0 Å². The van der Waals surface area contributed by atoms with Gasteiger partial charge in [-0.05, 0) is 49.1 Å². The molecule has 0 aliphatic heterocycles. The average molecular weight is 343 g/mol. The highest BCUT2D eigenvalue weighted by atomic mass is 32.1. The number of benzene rings is 1. The molecule has 1 atom stereocenters. The van der Waals surface area contributed by atoms with Crippen molar-refractivity contribution >= 4 is 23.1 Å². The van der Waals surface area contributed by atoms with Gasteiger partial charge in [-0.1, -0.05) is 6.07 Å². The molecule has 0 aliphatic rings. The van der Waals surface area contributed by atoms with Gasteiger partial charge >= 0.3 is 5.97 Å². The van der Waals surface area contributed by atoms with Gasteiger partial charge in [-0.15, -0.1) is 11.3 Å². The third-order valence-electron chi connectivity index (χ3n) is 3.22. The molecule has 0 spiro atoms. The highest BCUT2D eigenvalue weighted by molar-refractivity contribution is 7.12. The summed E-state index contributed by atoms with van der Waals surface area (Å²) in [6, 6.07) is 12.1. The van der Waals surface area contributed by atoms with Crippen LogP contribution in [0.25, 0.3) is 0 Å². The summed E-state index contributed by atoms with van der Waals surface area (Å²) in [6.45, 7) is 1.77. The molecule has 0 radical (unpaired) electrons. The Morgan fingerprint density at radius 2 is 2.00 bits per heavy atom. The zero-order valence-corrected chi connectivity index (χ0v) is 14.0. The number of esters is 1. The maximum absolute atomic E-state index is 11.9.